The summed E-state index contributed by atoms with van der Waals surface area (Å²) in [5, 5.41) is 0. The van der Waals surface area contributed by atoms with Crippen LogP contribution in [-0.2, 0) is 15.7 Å². The zero-order valence-electron chi connectivity index (χ0n) is 10.3. The van der Waals surface area contributed by atoms with E-state index < -0.39 is 29.6 Å². The molecule has 0 saturated heterocycles. The quantitative estimate of drug-likeness (QED) is 0.627. The molecule has 0 unspecified atom stereocenters. The number of benzene rings is 1. The maximum atomic E-state index is 13.0. The summed E-state index contributed by atoms with van der Waals surface area (Å²) in [6.07, 6.45) is -5.64. The van der Waals surface area contributed by atoms with Crippen LogP contribution in [0.2, 0.25) is 0 Å². The molecule has 0 amide bonds. The van der Waals surface area contributed by atoms with Crippen molar-refractivity contribution in [2.75, 3.05) is 7.11 Å². The first-order valence-corrected chi connectivity index (χ1v) is 5.40. The summed E-state index contributed by atoms with van der Waals surface area (Å²) in [5.41, 5.74) is -1.44. The molecule has 1 rings (SSSR count). The van der Waals surface area contributed by atoms with E-state index in [-0.39, 0.29) is 12.2 Å². The van der Waals surface area contributed by atoms with Crippen molar-refractivity contribution in [3.8, 4) is 5.75 Å². The van der Waals surface area contributed by atoms with Gasteiger partial charge in [0.05, 0.1) is 12.7 Å². The molecule has 0 bridgehead atoms. The van der Waals surface area contributed by atoms with Crippen LogP contribution >= 0.6 is 0 Å². The lowest BCUT2D eigenvalue weighted by Gasteiger charge is -2.16. The molecule has 0 aliphatic heterocycles. The van der Waals surface area contributed by atoms with Gasteiger partial charge in [0.1, 0.15) is 11.6 Å². The van der Waals surface area contributed by atoms with Crippen LogP contribution in [0.1, 0.15) is 18.9 Å². The highest BCUT2D eigenvalue weighted by atomic mass is 19.4. The van der Waals surface area contributed by atoms with Crippen molar-refractivity contribution < 1.29 is 31.8 Å². The minimum Gasteiger partial charge on any atom is -0.479 e. The van der Waals surface area contributed by atoms with Gasteiger partial charge in [-0.05, 0) is 24.6 Å². The monoisotopic (exact) mass is 280 g/mol. The van der Waals surface area contributed by atoms with E-state index in [1.165, 1.54) is 0 Å². The van der Waals surface area contributed by atoms with Crippen LogP contribution in [0.15, 0.2) is 18.2 Å². The van der Waals surface area contributed by atoms with Crippen molar-refractivity contribution in [1.82, 2.24) is 0 Å². The Morgan fingerprint density at radius 3 is 2.47 bits per heavy atom. The Morgan fingerprint density at radius 2 is 2.00 bits per heavy atom. The number of carbonyl (C=O) groups is 1. The summed E-state index contributed by atoms with van der Waals surface area (Å²) in [4.78, 5) is 11.3. The largest absolute Gasteiger partial charge is 0.479 e. The maximum Gasteiger partial charge on any atom is 0.419 e. The van der Waals surface area contributed by atoms with Gasteiger partial charge in [-0.25, -0.2) is 9.18 Å². The average Bonchev–Trinajstić information content (AvgIpc) is 2.35. The molecule has 3 nitrogen and oxygen atoms in total. The summed E-state index contributed by atoms with van der Waals surface area (Å²) in [6, 6.07) is 2.18. The van der Waals surface area contributed by atoms with E-state index in [2.05, 4.69) is 4.74 Å². The van der Waals surface area contributed by atoms with E-state index in [9.17, 15) is 22.4 Å². The molecule has 0 heterocycles. The molecule has 106 valence electrons. The van der Waals surface area contributed by atoms with Crippen molar-refractivity contribution in [2.45, 2.75) is 25.6 Å². The first-order chi connectivity index (χ1) is 8.79. The standard InChI is InChI=1S/C12H12F4O3/c1-3-10(11(17)18-2)19-7-4-5-9(13)8(6-7)12(14,15)16/h4-6,10H,3H2,1-2H3/t10-/m0/s1. The first-order valence-electron chi connectivity index (χ1n) is 5.40. The lowest BCUT2D eigenvalue weighted by atomic mass is 10.2. The van der Waals surface area contributed by atoms with Gasteiger partial charge < -0.3 is 9.47 Å². The van der Waals surface area contributed by atoms with Crippen LogP contribution in [0, 0.1) is 5.82 Å². The summed E-state index contributed by atoms with van der Waals surface area (Å²) in [5.74, 6) is -2.35. The fourth-order valence-corrected chi connectivity index (χ4v) is 1.39. The molecule has 0 aromatic heterocycles. The third-order valence-electron chi connectivity index (χ3n) is 2.36. The van der Waals surface area contributed by atoms with Gasteiger partial charge in [-0.3, -0.25) is 0 Å². The first kappa shape index (κ1) is 15.3. The van der Waals surface area contributed by atoms with E-state index in [0.29, 0.717) is 12.1 Å². The van der Waals surface area contributed by atoms with Crippen LogP contribution in [0.5, 0.6) is 5.75 Å². The highest BCUT2D eigenvalue weighted by molar-refractivity contribution is 5.74. The molecule has 0 saturated carbocycles. The molecular weight excluding hydrogens is 268 g/mol. The SMILES string of the molecule is CC[C@H](Oc1ccc(F)c(C(F)(F)F)c1)C(=O)OC. The maximum absolute atomic E-state index is 13.0. The number of rotatable bonds is 4. The number of hydrogen-bond donors (Lipinski definition) is 0. The van der Waals surface area contributed by atoms with Crippen molar-refractivity contribution in [3.05, 3.63) is 29.6 Å². The Kier molecular flexibility index (Phi) is 4.74. The van der Waals surface area contributed by atoms with Crippen LogP contribution in [0.4, 0.5) is 17.6 Å². The van der Waals surface area contributed by atoms with Crippen LogP contribution in [0.3, 0.4) is 0 Å². The number of halogens is 4. The Balaban J connectivity index is 3.00. The second kappa shape index (κ2) is 5.90. The number of ether oxygens (including phenoxy) is 2. The summed E-state index contributed by atoms with van der Waals surface area (Å²) >= 11 is 0. The fourth-order valence-electron chi connectivity index (χ4n) is 1.39. The molecule has 0 radical (unpaired) electrons. The highest BCUT2D eigenvalue weighted by Gasteiger charge is 2.34. The fraction of sp³-hybridized carbons (Fsp3) is 0.417. The van der Waals surface area contributed by atoms with E-state index in [1.54, 1.807) is 6.92 Å². The van der Waals surface area contributed by atoms with Crippen molar-refractivity contribution >= 4 is 5.97 Å². The minimum absolute atomic E-state index is 0.214. The van der Waals surface area contributed by atoms with Gasteiger partial charge >= 0.3 is 12.1 Å². The lowest BCUT2D eigenvalue weighted by molar-refractivity contribution is -0.148. The number of carbonyl (C=O) groups excluding carboxylic acids is 1. The average molecular weight is 280 g/mol. The minimum atomic E-state index is -4.82. The molecule has 7 heteroatoms. The summed E-state index contributed by atoms with van der Waals surface area (Å²) in [7, 11) is 1.14. The number of hydrogen-bond acceptors (Lipinski definition) is 3. The molecule has 0 aliphatic rings. The Hall–Kier alpha value is -1.79. The highest BCUT2D eigenvalue weighted by Crippen LogP contribution is 2.33. The summed E-state index contributed by atoms with van der Waals surface area (Å²) in [6.45, 7) is 1.61. The molecule has 1 aromatic rings. The van der Waals surface area contributed by atoms with E-state index in [1.807, 2.05) is 0 Å². The molecule has 0 spiro atoms. The molecular formula is C12H12F4O3. The van der Waals surface area contributed by atoms with E-state index in [4.69, 9.17) is 4.74 Å². The van der Waals surface area contributed by atoms with Gasteiger partial charge in [0, 0.05) is 0 Å². The van der Waals surface area contributed by atoms with Crippen molar-refractivity contribution in [1.29, 1.82) is 0 Å². The third kappa shape index (κ3) is 3.84. The van der Waals surface area contributed by atoms with Gasteiger partial charge in [0.25, 0.3) is 0 Å². The van der Waals surface area contributed by atoms with Gasteiger partial charge in [-0.15, -0.1) is 0 Å². The van der Waals surface area contributed by atoms with Crippen LogP contribution < -0.4 is 4.74 Å². The zero-order valence-corrected chi connectivity index (χ0v) is 10.3. The van der Waals surface area contributed by atoms with Gasteiger partial charge in [0.15, 0.2) is 6.10 Å². The van der Waals surface area contributed by atoms with E-state index in [0.717, 1.165) is 13.2 Å². The number of alkyl halides is 3. The third-order valence-corrected chi connectivity index (χ3v) is 2.36. The smallest absolute Gasteiger partial charge is 0.419 e. The van der Waals surface area contributed by atoms with E-state index >= 15 is 0 Å². The van der Waals surface area contributed by atoms with Crippen molar-refractivity contribution in [3.63, 3.8) is 0 Å². The second-order valence-electron chi connectivity index (χ2n) is 3.68. The molecule has 1 aromatic carbocycles. The molecule has 0 aliphatic carbocycles. The predicted octanol–water partition coefficient (Wildman–Crippen LogP) is 3.17. The Labute approximate surface area is 107 Å². The Bertz CT molecular complexity index is 457. The molecule has 0 fully saturated rings. The predicted molar refractivity (Wildman–Crippen MR) is 58.1 cm³/mol. The topological polar surface area (TPSA) is 35.5 Å². The molecule has 0 N–H and O–H groups in total. The van der Waals surface area contributed by atoms with Crippen LogP contribution in [-0.4, -0.2) is 19.2 Å². The molecule has 19 heavy (non-hydrogen) atoms. The summed E-state index contributed by atoms with van der Waals surface area (Å²) < 4.78 is 60.0. The van der Waals surface area contributed by atoms with Crippen molar-refractivity contribution in [2.24, 2.45) is 0 Å². The normalized spacial score (nSPS) is 12.9. The second-order valence-corrected chi connectivity index (χ2v) is 3.68. The number of methoxy groups -OCH3 is 1. The van der Waals surface area contributed by atoms with Gasteiger partial charge in [-0.2, -0.15) is 13.2 Å². The zero-order chi connectivity index (χ0) is 14.6. The van der Waals surface area contributed by atoms with Gasteiger partial charge in [0.2, 0.25) is 0 Å². The van der Waals surface area contributed by atoms with Crippen LogP contribution in [0.25, 0.3) is 0 Å². The van der Waals surface area contributed by atoms with Gasteiger partial charge in [-0.1, -0.05) is 6.92 Å². The number of esters is 1. The molecule has 1 atom stereocenters. The lowest BCUT2D eigenvalue weighted by Crippen LogP contribution is -2.27. The Morgan fingerprint density at radius 1 is 1.37 bits per heavy atom.